The van der Waals surface area contributed by atoms with E-state index in [2.05, 4.69) is 37.0 Å². The number of hydrogen-bond donors (Lipinski definition) is 2. The number of halogens is 1. The van der Waals surface area contributed by atoms with Gasteiger partial charge in [-0.3, -0.25) is 14.4 Å². The Morgan fingerprint density at radius 3 is 2.74 bits per heavy atom. The van der Waals surface area contributed by atoms with E-state index in [1.165, 1.54) is 29.1 Å². The molecule has 156 valence electrons. The molecule has 0 saturated heterocycles. The van der Waals surface area contributed by atoms with E-state index in [4.69, 9.17) is 0 Å². The fraction of sp³-hybridized carbons (Fsp3) is 0.136. The molecule has 4 rings (SSSR count). The first-order valence-electron chi connectivity index (χ1n) is 9.57. The standard InChI is InChI=1S/C22H20FN7O/c1-13(28-20(25-3)18-19(24-2)27-12-26-18)21-29-17-10-9-14(23)11-16(17)22(31)30(21)15-7-5-4-6-8-15/h4-13,24H,3H2,1-2H3,(H,26,27)/t13-/m0/s1. The Morgan fingerprint density at radius 1 is 1.26 bits per heavy atom. The Labute approximate surface area is 177 Å². The molecule has 31 heavy (non-hydrogen) atoms. The minimum absolute atomic E-state index is 0.192. The van der Waals surface area contributed by atoms with Gasteiger partial charge >= 0.3 is 0 Å². The molecule has 2 N–H and O–H groups in total. The summed E-state index contributed by atoms with van der Waals surface area (Å²) in [6.07, 6.45) is 1.52. The number of aromatic amines is 1. The van der Waals surface area contributed by atoms with E-state index in [0.717, 1.165) is 0 Å². The Bertz CT molecular complexity index is 1340. The van der Waals surface area contributed by atoms with Crippen molar-refractivity contribution < 1.29 is 4.39 Å². The summed E-state index contributed by atoms with van der Waals surface area (Å²) in [6, 6.07) is 12.4. The minimum atomic E-state index is -0.573. The van der Waals surface area contributed by atoms with Crippen LogP contribution in [0.2, 0.25) is 0 Å². The molecule has 0 bridgehead atoms. The van der Waals surface area contributed by atoms with Crippen molar-refractivity contribution >= 4 is 29.3 Å². The van der Waals surface area contributed by atoms with Gasteiger partial charge in [-0.25, -0.2) is 19.4 Å². The van der Waals surface area contributed by atoms with Gasteiger partial charge in [0, 0.05) is 7.05 Å². The SMILES string of the molecule is C=NC(=N[C@@H](C)c1nc2ccc(F)cc2c(=O)n1-c1ccccc1)c1[nH]cnc1NC. The number of benzene rings is 2. The highest BCUT2D eigenvalue weighted by Crippen LogP contribution is 2.22. The van der Waals surface area contributed by atoms with Gasteiger partial charge in [-0.05, 0) is 44.0 Å². The molecule has 1 atom stereocenters. The van der Waals surface area contributed by atoms with E-state index in [0.29, 0.717) is 34.4 Å². The Kier molecular flexibility index (Phi) is 5.40. The van der Waals surface area contributed by atoms with Crippen LogP contribution in [0.1, 0.15) is 24.5 Å². The van der Waals surface area contributed by atoms with E-state index in [9.17, 15) is 9.18 Å². The lowest BCUT2D eigenvalue weighted by Gasteiger charge is -2.17. The van der Waals surface area contributed by atoms with E-state index >= 15 is 0 Å². The third-order valence-corrected chi connectivity index (χ3v) is 4.81. The summed E-state index contributed by atoms with van der Waals surface area (Å²) in [4.78, 5) is 33.8. The third kappa shape index (κ3) is 3.73. The molecule has 2 aromatic carbocycles. The van der Waals surface area contributed by atoms with Gasteiger partial charge in [-0.1, -0.05) is 18.2 Å². The number of nitrogens with zero attached hydrogens (tertiary/aromatic N) is 5. The fourth-order valence-corrected chi connectivity index (χ4v) is 3.36. The summed E-state index contributed by atoms with van der Waals surface area (Å²) in [5.41, 5.74) is 1.19. The molecule has 2 heterocycles. The van der Waals surface area contributed by atoms with Crippen LogP contribution in [0.4, 0.5) is 10.2 Å². The zero-order chi connectivity index (χ0) is 22.0. The summed E-state index contributed by atoms with van der Waals surface area (Å²) in [7, 11) is 1.74. The highest BCUT2D eigenvalue weighted by Gasteiger charge is 2.20. The number of para-hydroxylation sites is 1. The lowest BCUT2D eigenvalue weighted by molar-refractivity contribution is 0.628. The van der Waals surface area contributed by atoms with Crippen LogP contribution in [0, 0.1) is 5.82 Å². The van der Waals surface area contributed by atoms with Gasteiger partial charge in [0.1, 0.15) is 23.4 Å². The molecule has 0 radical (unpaired) electrons. The first-order chi connectivity index (χ1) is 15.0. The second-order valence-electron chi connectivity index (χ2n) is 6.77. The second-order valence-corrected chi connectivity index (χ2v) is 6.77. The molecule has 0 saturated carbocycles. The van der Waals surface area contributed by atoms with Crippen molar-refractivity contribution in [3.63, 3.8) is 0 Å². The summed E-state index contributed by atoms with van der Waals surface area (Å²) >= 11 is 0. The van der Waals surface area contributed by atoms with Gasteiger partial charge in [-0.15, -0.1) is 0 Å². The molecule has 0 unspecified atom stereocenters. The van der Waals surface area contributed by atoms with Crippen LogP contribution >= 0.6 is 0 Å². The lowest BCUT2D eigenvalue weighted by Crippen LogP contribution is -2.25. The van der Waals surface area contributed by atoms with Crippen molar-refractivity contribution in [2.24, 2.45) is 9.98 Å². The average Bonchev–Trinajstić information content (AvgIpc) is 3.27. The van der Waals surface area contributed by atoms with Gasteiger partial charge in [0.25, 0.3) is 5.56 Å². The van der Waals surface area contributed by atoms with Gasteiger partial charge in [0.2, 0.25) is 0 Å². The predicted octanol–water partition coefficient (Wildman–Crippen LogP) is 3.50. The largest absolute Gasteiger partial charge is 0.371 e. The topological polar surface area (TPSA) is 100 Å². The number of imidazole rings is 1. The van der Waals surface area contributed by atoms with Crippen LogP contribution in [0.3, 0.4) is 0 Å². The lowest BCUT2D eigenvalue weighted by atomic mass is 10.2. The van der Waals surface area contributed by atoms with Crippen LogP contribution in [0.25, 0.3) is 16.6 Å². The average molecular weight is 417 g/mol. The molecular formula is C22H20FN7O. The van der Waals surface area contributed by atoms with Crippen LogP contribution < -0.4 is 10.9 Å². The molecule has 2 aromatic heterocycles. The van der Waals surface area contributed by atoms with Crippen LogP contribution in [-0.4, -0.2) is 39.1 Å². The number of hydrogen-bond acceptors (Lipinski definition) is 5. The number of aliphatic imine (C=N–C) groups is 2. The fourth-order valence-electron chi connectivity index (χ4n) is 3.36. The summed E-state index contributed by atoms with van der Waals surface area (Å²) in [5, 5.41) is 3.15. The van der Waals surface area contributed by atoms with Crippen molar-refractivity contribution in [1.82, 2.24) is 19.5 Å². The number of H-pyrrole nitrogens is 1. The zero-order valence-electron chi connectivity index (χ0n) is 17.0. The van der Waals surface area contributed by atoms with Crippen molar-refractivity contribution in [2.45, 2.75) is 13.0 Å². The van der Waals surface area contributed by atoms with Crippen molar-refractivity contribution in [3.05, 3.63) is 82.5 Å². The number of anilines is 1. The second kappa shape index (κ2) is 8.31. The van der Waals surface area contributed by atoms with Crippen LogP contribution in [0.5, 0.6) is 0 Å². The van der Waals surface area contributed by atoms with Gasteiger partial charge in [0.15, 0.2) is 11.7 Å². The molecule has 0 amide bonds. The summed E-state index contributed by atoms with van der Waals surface area (Å²) in [5.74, 6) is 0.784. The van der Waals surface area contributed by atoms with E-state index in [1.807, 2.05) is 18.2 Å². The van der Waals surface area contributed by atoms with Crippen molar-refractivity contribution in [1.29, 1.82) is 0 Å². The molecule has 0 aliphatic rings. The summed E-state index contributed by atoms with van der Waals surface area (Å²) < 4.78 is 15.3. The Morgan fingerprint density at radius 2 is 2.03 bits per heavy atom. The molecule has 0 fully saturated rings. The first kappa shape index (κ1) is 20.1. The molecule has 0 aliphatic heterocycles. The third-order valence-electron chi connectivity index (χ3n) is 4.81. The molecule has 9 heteroatoms. The van der Waals surface area contributed by atoms with Crippen molar-refractivity contribution in [3.8, 4) is 5.69 Å². The highest BCUT2D eigenvalue weighted by atomic mass is 19.1. The van der Waals surface area contributed by atoms with E-state index in [1.54, 1.807) is 26.1 Å². The van der Waals surface area contributed by atoms with E-state index < -0.39 is 11.9 Å². The number of aromatic nitrogens is 4. The molecule has 0 aliphatic carbocycles. The number of amidine groups is 1. The monoisotopic (exact) mass is 417 g/mol. The molecule has 0 spiro atoms. The summed E-state index contributed by atoms with van der Waals surface area (Å²) in [6.45, 7) is 5.41. The maximum absolute atomic E-state index is 13.8. The van der Waals surface area contributed by atoms with Gasteiger partial charge < -0.3 is 10.3 Å². The minimum Gasteiger partial charge on any atom is -0.371 e. The number of rotatable bonds is 5. The van der Waals surface area contributed by atoms with E-state index in [-0.39, 0.29) is 10.9 Å². The Hall–Kier alpha value is -4.14. The first-order valence-corrected chi connectivity index (χ1v) is 9.57. The smallest absolute Gasteiger partial charge is 0.266 e. The number of nitrogens with one attached hydrogen (secondary N) is 2. The number of fused-ring (bicyclic) bond motifs is 1. The maximum atomic E-state index is 13.8. The normalized spacial score (nSPS) is 12.7. The van der Waals surface area contributed by atoms with Gasteiger partial charge in [-0.2, -0.15) is 0 Å². The van der Waals surface area contributed by atoms with Gasteiger partial charge in [0.05, 0.1) is 22.9 Å². The highest BCUT2D eigenvalue weighted by molar-refractivity contribution is 6.03. The Balaban J connectivity index is 1.94. The van der Waals surface area contributed by atoms with Crippen LogP contribution in [0.15, 0.2) is 69.6 Å². The zero-order valence-corrected chi connectivity index (χ0v) is 17.0. The molecule has 8 nitrogen and oxygen atoms in total. The molecule has 4 aromatic rings. The quantitative estimate of drug-likeness (QED) is 0.383. The predicted molar refractivity (Wildman–Crippen MR) is 120 cm³/mol. The molecular weight excluding hydrogens is 397 g/mol. The van der Waals surface area contributed by atoms with Crippen molar-refractivity contribution in [2.75, 3.05) is 12.4 Å². The maximum Gasteiger partial charge on any atom is 0.266 e. The van der Waals surface area contributed by atoms with Crippen LogP contribution in [-0.2, 0) is 0 Å².